The van der Waals surface area contributed by atoms with Gasteiger partial charge in [-0.05, 0) is 47.7 Å². The van der Waals surface area contributed by atoms with E-state index in [9.17, 15) is 9.90 Å². The maximum absolute atomic E-state index is 11.2. The van der Waals surface area contributed by atoms with Gasteiger partial charge in [0, 0.05) is 24.0 Å². The van der Waals surface area contributed by atoms with Gasteiger partial charge in [0.05, 0.1) is 11.6 Å². The molecule has 3 atom stereocenters. The average molecular weight is 292 g/mol. The van der Waals surface area contributed by atoms with E-state index >= 15 is 0 Å². The maximum atomic E-state index is 11.2. The van der Waals surface area contributed by atoms with Gasteiger partial charge in [0.15, 0.2) is 0 Å². The van der Waals surface area contributed by atoms with Crippen molar-refractivity contribution in [2.75, 3.05) is 5.32 Å². The second kappa shape index (κ2) is 4.98. The summed E-state index contributed by atoms with van der Waals surface area (Å²) in [5.74, 6) is -0.211. The molecule has 1 aromatic heterocycles. The van der Waals surface area contributed by atoms with Crippen LogP contribution in [0.3, 0.4) is 0 Å². The van der Waals surface area contributed by atoms with Crippen molar-refractivity contribution < 1.29 is 9.90 Å². The zero-order chi connectivity index (χ0) is 15.1. The van der Waals surface area contributed by atoms with E-state index in [1.165, 1.54) is 5.56 Å². The van der Waals surface area contributed by atoms with Gasteiger partial charge < -0.3 is 10.4 Å². The summed E-state index contributed by atoms with van der Waals surface area (Å²) in [7, 11) is 0. The molecule has 0 unspecified atom stereocenters. The van der Waals surface area contributed by atoms with Crippen LogP contribution < -0.4 is 5.32 Å². The molecule has 1 aliphatic heterocycles. The van der Waals surface area contributed by atoms with Gasteiger partial charge in [-0.2, -0.15) is 0 Å². The second-order valence-corrected chi connectivity index (χ2v) is 5.87. The molecule has 0 amide bonds. The highest BCUT2D eigenvalue weighted by atomic mass is 16.4. The smallest absolute Gasteiger partial charge is 0.335 e. The summed E-state index contributed by atoms with van der Waals surface area (Å²) in [6, 6.07) is 9.60. The molecule has 0 fully saturated rings. The summed E-state index contributed by atoms with van der Waals surface area (Å²) in [5, 5.41) is 12.8. The van der Waals surface area contributed by atoms with E-state index in [1.54, 1.807) is 18.3 Å². The van der Waals surface area contributed by atoms with Crippen LogP contribution in [-0.2, 0) is 0 Å². The number of nitrogens with one attached hydrogen (secondary N) is 1. The van der Waals surface area contributed by atoms with Gasteiger partial charge in [0.2, 0.25) is 0 Å². The van der Waals surface area contributed by atoms with Crippen molar-refractivity contribution in [3.63, 3.8) is 0 Å². The van der Waals surface area contributed by atoms with Gasteiger partial charge in [0.1, 0.15) is 0 Å². The molecule has 0 radical (unpaired) electrons. The first-order chi connectivity index (χ1) is 10.7. The standard InChI is InChI=1S/C18H16N2O2/c21-18(22)11-6-7-16-15(9-11)13-4-1-5-14(13)17(20-16)12-3-2-8-19-10-12/h1-4,6-10,13-14,17,20H,5H2,(H,21,22)/t13-,14-,17+/m1/s1. The van der Waals surface area contributed by atoms with Crippen molar-refractivity contribution in [1.29, 1.82) is 0 Å². The van der Waals surface area contributed by atoms with Crippen LogP contribution in [0.4, 0.5) is 5.69 Å². The number of allylic oxidation sites excluding steroid dienone is 2. The number of hydrogen-bond donors (Lipinski definition) is 2. The van der Waals surface area contributed by atoms with Crippen LogP contribution in [0.2, 0.25) is 0 Å². The second-order valence-electron chi connectivity index (χ2n) is 5.87. The molecule has 1 aliphatic carbocycles. The minimum absolute atomic E-state index is 0.205. The predicted octanol–water partition coefficient (Wildman–Crippen LogP) is 3.61. The first-order valence-electron chi connectivity index (χ1n) is 7.44. The lowest BCUT2D eigenvalue weighted by Gasteiger charge is -2.37. The number of pyridine rings is 1. The van der Waals surface area contributed by atoms with Crippen LogP contribution in [0.5, 0.6) is 0 Å². The third kappa shape index (κ3) is 1.99. The number of hydrogen-bond acceptors (Lipinski definition) is 3. The van der Waals surface area contributed by atoms with Gasteiger partial charge in [0.25, 0.3) is 0 Å². The molecular weight excluding hydrogens is 276 g/mol. The Morgan fingerprint density at radius 3 is 3.00 bits per heavy atom. The van der Waals surface area contributed by atoms with Crippen molar-refractivity contribution in [3.05, 3.63) is 71.6 Å². The Bertz CT molecular complexity index is 755. The highest BCUT2D eigenvalue weighted by molar-refractivity contribution is 5.89. The minimum Gasteiger partial charge on any atom is -0.478 e. The number of benzene rings is 1. The van der Waals surface area contributed by atoms with Gasteiger partial charge in [-0.1, -0.05) is 18.2 Å². The summed E-state index contributed by atoms with van der Waals surface area (Å²) in [4.78, 5) is 15.4. The van der Waals surface area contributed by atoms with Crippen LogP contribution in [0.1, 0.15) is 39.9 Å². The molecule has 0 saturated carbocycles. The van der Waals surface area contributed by atoms with Crippen molar-refractivity contribution in [2.24, 2.45) is 5.92 Å². The number of aromatic carboxylic acids is 1. The molecular formula is C18H16N2O2. The fourth-order valence-corrected chi connectivity index (χ4v) is 3.62. The summed E-state index contributed by atoms with van der Waals surface area (Å²) >= 11 is 0. The van der Waals surface area contributed by atoms with E-state index in [1.807, 2.05) is 18.3 Å². The molecule has 1 aromatic carbocycles. The van der Waals surface area contributed by atoms with Crippen molar-refractivity contribution >= 4 is 11.7 Å². The number of carboxylic acid groups (broad SMARTS) is 1. The predicted molar refractivity (Wildman–Crippen MR) is 84.0 cm³/mol. The number of aromatic nitrogens is 1. The molecule has 2 aliphatic rings. The van der Waals surface area contributed by atoms with Gasteiger partial charge in [-0.3, -0.25) is 4.98 Å². The molecule has 22 heavy (non-hydrogen) atoms. The number of rotatable bonds is 2. The highest BCUT2D eigenvalue weighted by Gasteiger charge is 2.38. The van der Waals surface area contributed by atoms with E-state index in [0.29, 0.717) is 11.5 Å². The van der Waals surface area contributed by atoms with Crippen LogP contribution in [0.25, 0.3) is 0 Å². The summed E-state index contributed by atoms with van der Waals surface area (Å²) in [5.41, 5.74) is 3.62. The zero-order valence-corrected chi connectivity index (χ0v) is 11.9. The number of anilines is 1. The third-order valence-electron chi connectivity index (χ3n) is 4.65. The Labute approximate surface area is 128 Å². The van der Waals surface area contributed by atoms with Gasteiger partial charge in [-0.25, -0.2) is 4.79 Å². The van der Waals surface area contributed by atoms with E-state index in [0.717, 1.165) is 17.7 Å². The Morgan fingerprint density at radius 2 is 2.23 bits per heavy atom. The lowest BCUT2D eigenvalue weighted by molar-refractivity contribution is 0.0696. The van der Waals surface area contributed by atoms with Crippen molar-refractivity contribution in [1.82, 2.24) is 4.98 Å². The molecule has 4 nitrogen and oxygen atoms in total. The molecule has 4 rings (SSSR count). The Balaban J connectivity index is 1.79. The first-order valence-corrected chi connectivity index (χ1v) is 7.44. The van der Waals surface area contributed by atoms with E-state index in [2.05, 4.69) is 28.5 Å². The number of fused-ring (bicyclic) bond motifs is 3. The number of carboxylic acids is 1. The molecule has 2 N–H and O–H groups in total. The Morgan fingerprint density at radius 1 is 1.32 bits per heavy atom. The van der Waals surface area contributed by atoms with Gasteiger partial charge in [-0.15, -0.1) is 0 Å². The first kappa shape index (κ1) is 13.1. The van der Waals surface area contributed by atoms with E-state index in [4.69, 9.17) is 0 Å². The topological polar surface area (TPSA) is 62.2 Å². The van der Waals surface area contributed by atoms with Crippen LogP contribution in [0.15, 0.2) is 54.9 Å². The van der Waals surface area contributed by atoms with Crippen LogP contribution in [0, 0.1) is 5.92 Å². The maximum Gasteiger partial charge on any atom is 0.335 e. The van der Waals surface area contributed by atoms with Crippen LogP contribution >= 0.6 is 0 Å². The molecule has 2 aromatic rings. The lowest BCUT2D eigenvalue weighted by Crippen LogP contribution is -2.29. The largest absolute Gasteiger partial charge is 0.478 e. The van der Waals surface area contributed by atoms with Crippen LogP contribution in [-0.4, -0.2) is 16.1 Å². The number of nitrogens with zero attached hydrogens (tertiary/aromatic N) is 1. The monoisotopic (exact) mass is 292 g/mol. The number of carbonyl (C=O) groups is 1. The quantitative estimate of drug-likeness (QED) is 0.830. The van der Waals surface area contributed by atoms with E-state index < -0.39 is 5.97 Å². The highest BCUT2D eigenvalue weighted by Crippen LogP contribution is 2.49. The molecule has 0 spiro atoms. The zero-order valence-electron chi connectivity index (χ0n) is 11.9. The summed E-state index contributed by atoms with van der Waals surface area (Å²) in [6.07, 6.45) is 9.09. The summed E-state index contributed by atoms with van der Waals surface area (Å²) in [6.45, 7) is 0. The third-order valence-corrected chi connectivity index (χ3v) is 4.65. The van der Waals surface area contributed by atoms with Crippen molar-refractivity contribution in [3.8, 4) is 0 Å². The fourth-order valence-electron chi connectivity index (χ4n) is 3.62. The van der Waals surface area contributed by atoms with Gasteiger partial charge >= 0.3 is 5.97 Å². The molecule has 4 heteroatoms. The van der Waals surface area contributed by atoms with Crippen molar-refractivity contribution in [2.45, 2.75) is 18.4 Å². The SMILES string of the molecule is O=C(O)c1ccc2c(c1)[C@@H]1C=CC[C@H]1[C@H](c1cccnc1)N2. The minimum atomic E-state index is -0.879. The molecule has 0 saturated heterocycles. The fraction of sp³-hybridized carbons (Fsp3) is 0.222. The lowest BCUT2D eigenvalue weighted by atomic mass is 9.77. The molecule has 0 bridgehead atoms. The Hall–Kier alpha value is -2.62. The normalized spacial score (nSPS) is 25.2. The summed E-state index contributed by atoms with van der Waals surface area (Å²) < 4.78 is 0. The molecule has 2 heterocycles. The molecule has 110 valence electrons. The Kier molecular flexibility index (Phi) is 2.96. The average Bonchev–Trinajstić information content (AvgIpc) is 3.04. The van der Waals surface area contributed by atoms with E-state index in [-0.39, 0.29) is 12.0 Å².